The van der Waals surface area contributed by atoms with E-state index >= 15 is 0 Å². The highest BCUT2D eigenvalue weighted by Gasteiger charge is 2.21. The van der Waals surface area contributed by atoms with Crippen LogP contribution in [0.3, 0.4) is 0 Å². The van der Waals surface area contributed by atoms with Crippen molar-refractivity contribution in [3.63, 3.8) is 0 Å². The summed E-state index contributed by atoms with van der Waals surface area (Å²) in [4.78, 5) is 4.12. The Morgan fingerprint density at radius 1 is 1.37 bits per heavy atom. The van der Waals surface area contributed by atoms with Crippen LogP contribution >= 0.6 is 0 Å². The molecule has 0 aliphatic heterocycles. The molecule has 0 aliphatic rings. The van der Waals surface area contributed by atoms with Gasteiger partial charge in [0, 0.05) is 24.5 Å². The first kappa shape index (κ1) is 13.5. The molecule has 1 atom stereocenters. The van der Waals surface area contributed by atoms with Gasteiger partial charge in [-0.3, -0.25) is 9.67 Å². The van der Waals surface area contributed by atoms with Crippen molar-refractivity contribution < 1.29 is 9.84 Å². The van der Waals surface area contributed by atoms with Gasteiger partial charge >= 0.3 is 0 Å². The molecule has 0 aliphatic carbocycles. The summed E-state index contributed by atoms with van der Waals surface area (Å²) >= 11 is 0. The average molecular weight is 261 g/mol. The minimum atomic E-state index is -0.781. The minimum Gasteiger partial charge on any atom is -0.493 e. The van der Waals surface area contributed by atoms with Crippen molar-refractivity contribution in [2.45, 2.75) is 32.9 Å². The zero-order chi connectivity index (χ0) is 13.8. The van der Waals surface area contributed by atoms with E-state index in [1.165, 1.54) is 0 Å². The number of nitrogens with zero attached hydrogens (tertiary/aromatic N) is 3. The van der Waals surface area contributed by atoms with Crippen molar-refractivity contribution in [2.24, 2.45) is 0 Å². The third kappa shape index (κ3) is 2.76. The Kier molecular flexibility index (Phi) is 4.16. The second kappa shape index (κ2) is 5.84. The molecule has 1 N–H and O–H groups in total. The Bertz CT molecular complexity index is 551. The average Bonchev–Trinajstić information content (AvgIpc) is 2.81. The van der Waals surface area contributed by atoms with Crippen LogP contribution in [0.5, 0.6) is 5.75 Å². The van der Waals surface area contributed by atoms with Gasteiger partial charge in [-0.1, -0.05) is 13.0 Å². The van der Waals surface area contributed by atoms with Crippen LogP contribution in [0.25, 0.3) is 0 Å². The third-order valence-corrected chi connectivity index (χ3v) is 2.97. The Labute approximate surface area is 112 Å². The molecule has 2 aromatic rings. The van der Waals surface area contributed by atoms with Gasteiger partial charge in [-0.25, -0.2) is 0 Å². The smallest absolute Gasteiger partial charge is 0.163 e. The summed E-state index contributed by atoms with van der Waals surface area (Å²) < 4.78 is 7.07. The van der Waals surface area contributed by atoms with E-state index in [1.807, 2.05) is 13.0 Å². The first-order chi connectivity index (χ1) is 9.17. The van der Waals surface area contributed by atoms with Gasteiger partial charge < -0.3 is 9.84 Å². The first-order valence-electron chi connectivity index (χ1n) is 6.36. The summed E-state index contributed by atoms with van der Waals surface area (Å²) in [6.07, 6.45) is 5.22. The van der Waals surface area contributed by atoms with E-state index in [1.54, 1.807) is 30.4 Å². The molecule has 0 bridgehead atoms. The molecule has 2 aromatic heterocycles. The lowest BCUT2D eigenvalue weighted by atomic mass is 10.1. The van der Waals surface area contributed by atoms with Crippen molar-refractivity contribution in [1.29, 1.82) is 0 Å². The van der Waals surface area contributed by atoms with E-state index in [0.29, 0.717) is 11.4 Å². The van der Waals surface area contributed by atoms with Crippen LogP contribution in [0, 0.1) is 6.92 Å². The van der Waals surface area contributed by atoms with E-state index in [-0.39, 0.29) is 0 Å². The van der Waals surface area contributed by atoms with Gasteiger partial charge in [-0.15, -0.1) is 0 Å². The first-order valence-corrected chi connectivity index (χ1v) is 6.36. The number of rotatable bonds is 5. The molecular weight excluding hydrogens is 242 g/mol. The molecule has 0 aromatic carbocycles. The Hall–Kier alpha value is -1.88. The molecule has 0 saturated heterocycles. The summed E-state index contributed by atoms with van der Waals surface area (Å²) in [5.41, 5.74) is 2.44. The van der Waals surface area contributed by atoms with Crippen molar-refractivity contribution >= 4 is 0 Å². The number of aryl methyl sites for hydroxylation is 2. The van der Waals surface area contributed by atoms with Gasteiger partial charge in [0.1, 0.15) is 11.8 Å². The quantitative estimate of drug-likeness (QED) is 0.895. The summed E-state index contributed by atoms with van der Waals surface area (Å²) in [5, 5.41) is 14.8. The van der Waals surface area contributed by atoms with E-state index in [4.69, 9.17) is 4.74 Å². The SMILES string of the molecule is CCCn1ncc(OC)c1C(O)c1cncc(C)c1. The molecule has 0 fully saturated rings. The van der Waals surface area contributed by atoms with E-state index < -0.39 is 6.10 Å². The largest absolute Gasteiger partial charge is 0.493 e. The summed E-state index contributed by atoms with van der Waals surface area (Å²) in [5.74, 6) is 0.599. The normalized spacial score (nSPS) is 12.4. The Morgan fingerprint density at radius 2 is 2.16 bits per heavy atom. The summed E-state index contributed by atoms with van der Waals surface area (Å²) in [7, 11) is 1.58. The predicted molar refractivity (Wildman–Crippen MR) is 72.1 cm³/mol. The summed E-state index contributed by atoms with van der Waals surface area (Å²) in [6, 6.07) is 1.92. The van der Waals surface area contributed by atoms with Gasteiger partial charge in [0.25, 0.3) is 0 Å². The van der Waals surface area contributed by atoms with Crippen LogP contribution in [0.1, 0.15) is 36.3 Å². The molecule has 19 heavy (non-hydrogen) atoms. The second-order valence-electron chi connectivity index (χ2n) is 4.52. The number of pyridine rings is 1. The monoisotopic (exact) mass is 261 g/mol. The van der Waals surface area contributed by atoms with Gasteiger partial charge in [-0.2, -0.15) is 5.10 Å². The second-order valence-corrected chi connectivity index (χ2v) is 4.52. The Morgan fingerprint density at radius 3 is 2.79 bits per heavy atom. The molecule has 102 valence electrons. The highest BCUT2D eigenvalue weighted by Crippen LogP contribution is 2.29. The molecule has 0 saturated carbocycles. The van der Waals surface area contributed by atoms with E-state index in [2.05, 4.69) is 17.0 Å². The van der Waals surface area contributed by atoms with E-state index in [0.717, 1.165) is 24.1 Å². The number of aliphatic hydroxyl groups is 1. The lowest BCUT2D eigenvalue weighted by Gasteiger charge is -2.15. The molecular formula is C14H19N3O2. The number of hydrogen-bond acceptors (Lipinski definition) is 4. The lowest BCUT2D eigenvalue weighted by Crippen LogP contribution is -2.11. The fraction of sp³-hybridized carbons (Fsp3) is 0.429. The van der Waals surface area contributed by atoms with Crippen LogP contribution in [0.2, 0.25) is 0 Å². The maximum absolute atomic E-state index is 10.5. The molecule has 5 heteroatoms. The predicted octanol–water partition coefficient (Wildman–Crippen LogP) is 2.09. The standard InChI is InChI=1S/C14H19N3O2/c1-4-5-17-13(12(19-3)9-16-17)14(18)11-6-10(2)7-15-8-11/h6-9,14,18H,4-5H2,1-3H3. The third-order valence-electron chi connectivity index (χ3n) is 2.97. The number of aliphatic hydroxyl groups excluding tert-OH is 1. The highest BCUT2D eigenvalue weighted by molar-refractivity contribution is 5.34. The van der Waals surface area contributed by atoms with Gasteiger partial charge in [0.2, 0.25) is 0 Å². The zero-order valence-electron chi connectivity index (χ0n) is 11.5. The van der Waals surface area contributed by atoms with Gasteiger partial charge in [-0.05, 0) is 18.9 Å². The maximum atomic E-state index is 10.5. The number of hydrogen-bond donors (Lipinski definition) is 1. The molecule has 1 unspecified atom stereocenters. The molecule has 0 radical (unpaired) electrons. The van der Waals surface area contributed by atoms with Crippen LogP contribution in [0.4, 0.5) is 0 Å². The zero-order valence-corrected chi connectivity index (χ0v) is 11.5. The fourth-order valence-corrected chi connectivity index (χ4v) is 2.09. The topological polar surface area (TPSA) is 60.2 Å². The van der Waals surface area contributed by atoms with Gasteiger partial charge in [0.05, 0.1) is 13.3 Å². The Balaban J connectivity index is 2.41. The van der Waals surface area contributed by atoms with Crippen LogP contribution in [-0.4, -0.2) is 27.0 Å². The van der Waals surface area contributed by atoms with Crippen LogP contribution < -0.4 is 4.74 Å². The summed E-state index contributed by atoms with van der Waals surface area (Å²) in [6.45, 7) is 4.76. The van der Waals surface area contributed by atoms with Crippen molar-refractivity contribution in [3.8, 4) is 5.75 Å². The molecule has 5 nitrogen and oxygen atoms in total. The number of methoxy groups -OCH3 is 1. The fourth-order valence-electron chi connectivity index (χ4n) is 2.09. The van der Waals surface area contributed by atoms with Gasteiger partial charge in [0.15, 0.2) is 5.75 Å². The van der Waals surface area contributed by atoms with E-state index in [9.17, 15) is 5.11 Å². The van der Waals surface area contributed by atoms with Crippen LogP contribution in [0.15, 0.2) is 24.7 Å². The van der Waals surface area contributed by atoms with Crippen LogP contribution in [-0.2, 0) is 6.54 Å². The number of ether oxygens (including phenoxy) is 1. The minimum absolute atomic E-state index is 0.599. The van der Waals surface area contributed by atoms with Crippen molar-refractivity contribution in [2.75, 3.05) is 7.11 Å². The van der Waals surface area contributed by atoms with Crippen molar-refractivity contribution in [3.05, 3.63) is 41.5 Å². The number of aromatic nitrogens is 3. The lowest BCUT2D eigenvalue weighted by molar-refractivity contribution is 0.201. The highest BCUT2D eigenvalue weighted by atomic mass is 16.5. The van der Waals surface area contributed by atoms with Crippen molar-refractivity contribution in [1.82, 2.24) is 14.8 Å². The maximum Gasteiger partial charge on any atom is 0.163 e. The molecule has 0 spiro atoms. The molecule has 2 heterocycles. The molecule has 2 rings (SSSR count). The molecule has 0 amide bonds.